The number of hydrogen-bond donors (Lipinski definition) is 0. The van der Waals surface area contributed by atoms with Crippen molar-refractivity contribution in [1.29, 1.82) is 0 Å². The second kappa shape index (κ2) is 5.87. The van der Waals surface area contributed by atoms with E-state index in [9.17, 15) is 4.79 Å². The minimum Gasteiger partial charge on any atom is -0.372 e. The summed E-state index contributed by atoms with van der Waals surface area (Å²) in [6.45, 7) is 3.49. The first kappa shape index (κ1) is 15.1. The van der Waals surface area contributed by atoms with Crippen molar-refractivity contribution in [3.63, 3.8) is 0 Å². The summed E-state index contributed by atoms with van der Waals surface area (Å²) in [5.41, 5.74) is 3.13. The second-order valence-corrected chi connectivity index (χ2v) is 7.12. The SMILES string of the molecule is C[C@@H]1CN(C)c2ccccc2CN1C(=O)c1nc2cccnc2s1. The second-order valence-electron chi connectivity index (χ2n) is 6.14. The molecule has 122 valence electrons. The number of hydrogen-bond acceptors (Lipinski definition) is 5. The number of nitrogens with zero attached hydrogens (tertiary/aromatic N) is 4. The number of anilines is 1. The number of aromatic nitrogens is 2. The van der Waals surface area contributed by atoms with Gasteiger partial charge >= 0.3 is 0 Å². The van der Waals surface area contributed by atoms with Crippen LogP contribution in [0.25, 0.3) is 10.3 Å². The Morgan fingerprint density at radius 3 is 2.92 bits per heavy atom. The van der Waals surface area contributed by atoms with Gasteiger partial charge in [-0.25, -0.2) is 9.97 Å². The van der Waals surface area contributed by atoms with E-state index in [0.29, 0.717) is 11.6 Å². The summed E-state index contributed by atoms with van der Waals surface area (Å²) in [6, 6.07) is 12.1. The van der Waals surface area contributed by atoms with Crippen molar-refractivity contribution >= 4 is 33.3 Å². The smallest absolute Gasteiger partial charge is 0.283 e. The van der Waals surface area contributed by atoms with Crippen LogP contribution in [-0.2, 0) is 6.54 Å². The normalized spacial score (nSPS) is 17.7. The predicted molar refractivity (Wildman–Crippen MR) is 96.5 cm³/mol. The molecule has 3 aromatic rings. The first-order valence-corrected chi connectivity index (χ1v) is 8.76. The Balaban J connectivity index is 1.70. The van der Waals surface area contributed by atoms with E-state index in [1.165, 1.54) is 17.0 Å². The minimum atomic E-state index is -0.0180. The summed E-state index contributed by atoms with van der Waals surface area (Å²) in [7, 11) is 2.07. The Bertz CT molecular complexity index is 874. The zero-order valence-electron chi connectivity index (χ0n) is 13.6. The summed E-state index contributed by atoms with van der Waals surface area (Å²) in [6.07, 6.45) is 1.73. The summed E-state index contributed by atoms with van der Waals surface area (Å²) in [5, 5.41) is 0.512. The first-order valence-electron chi connectivity index (χ1n) is 7.95. The molecule has 5 nitrogen and oxygen atoms in total. The number of amides is 1. The molecule has 1 aliphatic rings. The van der Waals surface area contributed by atoms with Crippen molar-refractivity contribution in [1.82, 2.24) is 14.9 Å². The van der Waals surface area contributed by atoms with E-state index in [1.54, 1.807) is 6.20 Å². The number of pyridine rings is 1. The van der Waals surface area contributed by atoms with Gasteiger partial charge in [-0.05, 0) is 30.7 Å². The fourth-order valence-corrected chi connectivity index (χ4v) is 4.07. The zero-order valence-corrected chi connectivity index (χ0v) is 14.5. The third-order valence-corrected chi connectivity index (χ3v) is 5.39. The summed E-state index contributed by atoms with van der Waals surface area (Å²) in [5.74, 6) is -0.0180. The molecule has 0 N–H and O–H groups in total. The summed E-state index contributed by atoms with van der Waals surface area (Å²) < 4.78 is 0. The first-order chi connectivity index (χ1) is 11.6. The van der Waals surface area contributed by atoms with Crippen molar-refractivity contribution in [3.05, 3.63) is 53.2 Å². The maximum Gasteiger partial charge on any atom is 0.283 e. The van der Waals surface area contributed by atoms with E-state index in [0.717, 1.165) is 22.5 Å². The van der Waals surface area contributed by atoms with E-state index in [1.807, 2.05) is 29.2 Å². The van der Waals surface area contributed by atoms with Crippen molar-refractivity contribution in [2.45, 2.75) is 19.5 Å². The van der Waals surface area contributed by atoms with Crippen molar-refractivity contribution in [3.8, 4) is 0 Å². The van der Waals surface area contributed by atoms with Crippen LogP contribution in [0.5, 0.6) is 0 Å². The average molecular weight is 338 g/mol. The lowest BCUT2D eigenvalue weighted by atomic mass is 10.1. The van der Waals surface area contributed by atoms with Gasteiger partial charge in [-0.3, -0.25) is 4.79 Å². The van der Waals surface area contributed by atoms with E-state index in [-0.39, 0.29) is 11.9 Å². The van der Waals surface area contributed by atoms with Gasteiger partial charge in [0, 0.05) is 38.1 Å². The molecule has 1 atom stereocenters. The van der Waals surface area contributed by atoms with Crippen LogP contribution in [0.3, 0.4) is 0 Å². The van der Waals surface area contributed by atoms with Gasteiger partial charge in [-0.15, -0.1) is 0 Å². The van der Waals surface area contributed by atoms with Gasteiger partial charge in [-0.1, -0.05) is 29.5 Å². The molecular formula is C18H18N4OS. The standard InChI is InChI=1S/C18H18N4OS/c1-12-10-21(2)15-8-4-3-6-13(15)11-22(12)18(23)17-20-14-7-5-9-19-16(14)24-17/h3-9,12H,10-11H2,1-2H3/t12-/m1/s1. The molecule has 0 radical (unpaired) electrons. The lowest BCUT2D eigenvalue weighted by Crippen LogP contribution is -2.41. The van der Waals surface area contributed by atoms with E-state index in [4.69, 9.17) is 0 Å². The quantitative estimate of drug-likeness (QED) is 0.684. The Labute approximate surface area is 144 Å². The van der Waals surface area contributed by atoms with Crippen LogP contribution in [0.4, 0.5) is 5.69 Å². The Kier molecular flexibility index (Phi) is 3.69. The predicted octanol–water partition coefficient (Wildman–Crippen LogP) is 3.17. The van der Waals surface area contributed by atoms with Gasteiger partial charge in [0.05, 0.1) is 0 Å². The molecule has 0 unspecified atom stereocenters. The van der Waals surface area contributed by atoms with Gasteiger partial charge in [0.2, 0.25) is 0 Å². The fourth-order valence-electron chi connectivity index (χ4n) is 3.21. The largest absolute Gasteiger partial charge is 0.372 e. The Hall–Kier alpha value is -2.47. The van der Waals surface area contributed by atoms with Crippen molar-refractivity contribution < 1.29 is 4.79 Å². The molecule has 1 amide bonds. The molecule has 24 heavy (non-hydrogen) atoms. The molecule has 1 aliphatic heterocycles. The van der Waals surface area contributed by atoms with Crippen LogP contribution in [0.15, 0.2) is 42.6 Å². The van der Waals surface area contributed by atoms with Gasteiger partial charge in [0.1, 0.15) is 10.3 Å². The van der Waals surface area contributed by atoms with Gasteiger partial charge in [-0.2, -0.15) is 0 Å². The molecule has 1 aromatic carbocycles. The van der Waals surface area contributed by atoms with Crippen LogP contribution in [-0.4, -0.2) is 40.4 Å². The van der Waals surface area contributed by atoms with E-state index in [2.05, 4.69) is 41.0 Å². The van der Waals surface area contributed by atoms with Crippen molar-refractivity contribution in [2.24, 2.45) is 0 Å². The number of carbonyl (C=O) groups excluding carboxylic acids is 1. The zero-order chi connectivity index (χ0) is 16.7. The third kappa shape index (κ3) is 2.53. The van der Waals surface area contributed by atoms with Crippen LogP contribution in [0.1, 0.15) is 22.3 Å². The molecule has 3 heterocycles. The van der Waals surface area contributed by atoms with Crippen molar-refractivity contribution in [2.75, 3.05) is 18.5 Å². The van der Waals surface area contributed by atoms with Gasteiger partial charge in [0.15, 0.2) is 5.01 Å². The monoisotopic (exact) mass is 338 g/mol. The highest BCUT2D eigenvalue weighted by Crippen LogP contribution is 2.28. The maximum absolute atomic E-state index is 13.1. The third-order valence-electron chi connectivity index (χ3n) is 4.42. The van der Waals surface area contributed by atoms with Crippen LogP contribution in [0, 0.1) is 0 Å². The summed E-state index contributed by atoms with van der Waals surface area (Å²) >= 11 is 1.36. The molecule has 0 saturated heterocycles. The summed E-state index contributed by atoms with van der Waals surface area (Å²) in [4.78, 5) is 26.8. The molecule has 2 aromatic heterocycles. The average Bonchev–Trinajstić information content (AvgIpc) is 2.98. The highest BCUT2D eigenvalue weighted by Gasteiger charge is 2.29. The number of rotatable bonds is 1. The number of likely N-dealkylation sites (N-methyl/N-ethyl adjacent to an activating group) is 1. The fraction of sp³-hybridized carbons (Fsp3) is 0.278. The number of thiazole rings is 1. The lowest BCUT2D eigenvalue weighted by Gasteiger charge is -2.27. The molecule has 0 spiro atoms. The number of fused-ring (bicyclic) bond motifs is 2. The topological polar surface area (TPSA) is 49.3 Å². The van der Waals surface area contributed by atoms with Crippen LogP contribution < -0.4 is 4.90 Å². The number of para-hydroxylation sites is 1. The van der Waals surface area contributed by atoms with Gasteiger partial charge in [0.25, 0.3) is 5.91 Å². The molecular weight excluding hydrogens is 320 g/mol. The minimum absolute atomic E-state index is 0.0180. The lowest BCUT2D eigenvalue weighted by molar-refractivity contribution is 0.0687. The maximum atomic E-state index is 13.1. The Morgan fingerprint density at radius 1 is 1.25 bits per heavy atom. The van der Waals surface area contributed by atoms with Gasteiger partial charge < -0.3 is 9.80 Å². The number of benzene rings is 1. The number of carbonyl (C=O) groups is 1. The molecule has 0 saturated carbocycles. The molecule has 0 bridgehead atoms. The Morgan fingerprint density at radius 2 is 2.08 bits per heavy atom. The highest BCUT2D eigenvalue weighted by molar-refractivity contribution is 7.19. The van der Waals surface area contributed by atoms with E-state index < -0.39 is 0 Å². The van der Waals surface area contributed by atoms with Crippen LogP contribution in [0.2, 0.25) is 0 Å². The molecule has 4 rings (SSSR count). The van der Waals surface area contributed by atoms with E-state index >= 15 is 0 Å². The molecule has 0 aliphatic carbocycles. The molecule has 6 heteroatoms. The molecule has 0 fully saturated rings. The van der Waals surface area contributed by atoms with Crippen LogP contribution >= 0.6 is 11.3 Å². The highest BCUT2D eigenvalue weighted by atomic mass is 32.1.